The van der Waals surface area contributed by atoms with Gasteiger partial charge in [-0.1, -0.05) is 6.92 Å². The number of aromatic nitrogens is 1. The average molecular weight is 258 g/mol. The van der Waals surface area contributed by atoms with Crippen molar-refractivity contribution in [3.63, 3.8) is 0 Å². The van der Waals surface area contributed by atoms with Crippen LogP contribution in [0.15, 0.2) is 23.4 Å². The third-order valence-corrected chi connectivity index (χ3v) is 3.23. The minimum Gasteiger partial charge on any atom is -0.465 e. The molecule has 17 heavy (non-hydrogen) atoms. The molecule has 0 fully saturated rings. The lowest BCUT2D eigenvalue weighted by Crippen LogP contribution is -2.26. The average Bonchev–Trinajstić information content (AvgIpc) is 2.24. The van der Waals surface area contributed by atoms with E-state index < -0.39 is 22.0 Å². The Morgan fingerprint density at radius 3 is 2.71 bits per heavy atom. The molecule has 7 heteroatoms. The summed E-state index contributed by atoms with van der Waals surface area (Å²) >= 11 is 0. The maximum atomic E-state index is 11.3. The van der Waals surface area contributed by atoms with E-state index in [1.165, 1.54) is 12.3 Å². The van der Waals surface area contributed by atoms with Crippen LogP contribution >= 0.6 is 0 Å². The molecule has 0 saturated carbocycles. The van der Waals surface area contributed by atoms with Gasteiger partial charge in [-0.25, -0.2) is 18.2 Å². The van der Waals surface area contributed by atoms with Crippen LogP contribution in [0.4, 0.5) is 4.79 Å². The van der Waals surface area contributed by atoms with Gasteiger partial charge in [0.1, 0.15) is 0 Å². The lowest BCUT2D eigenvalue weighted by atomic mass is 10.1. The predicted octanol–water partition coefficient (Wildman–Crippen LogP) is 1.20. The summed E-state index contributed by atoms with van der Waals surface area (Å²) in [6.07, 6.45) is 1.80. The van der Waals surface area contributed by atoms with Crippen LogP contribution in [0.5, 0.6) is 0 Å². The van der Waals surface area contributed by atoms with Gasteiger partial charge in [0, 0.05) is 12.5 Å². The van der Waals surface area contributed by atoms with Crippen LogP contribution in [0, 0.1) is 0 Å². The van der Waals surface area contributed by atoms with Crippen LogP contribution in [-0.4, -0.2) is 30.9 Å². The fourth-order valence-corrected chi connectivity index (χ4v) is 2.02. The number of carbonyl (C=O) groups is 1. The van der Waals surface area contributed by atoms with Gasteiger partial charge >= 0.3 is 6.09 Å². The van der Waals surface area contributed by atoms with Crippen LogP contribution in [-0.2, 0) is 9.84 Å². The van der Waals surface area contributed by atoms with Crippen LogP contribution in [0.2, 0.25) is 0 Å². The summed E-state index contributed by atoms with van der Waals surface area (Å²) in [6, 6.07) is 2.55. The Labute approximate surface area is 99.6 Å². The smallest absolute Gasteiger partial charge is 0.405 e. The maximum Gasteiger partial charge on any atom is 0.405 e. The van der Waals surface area contributed by atoms with E-state index in [9.17, 15) is 13.2 Å². The second-order valence-corrected chi connectivity index (χ2v) is 5.57. The minimum absolute atomic E-state index is 0.0550. The van der Waals surface area contributed by atoms with Crippen molar-refractivity contribution in [3.8, 4) is 0 Å². The second kappa shape index (κ2) is 5.13. The first kappa shape index (κ1) is 13.4. The Morgan fingerprint density at radius 1 is 1.59 bits per heavy atom. The van der Waals surface area contributed by atoms with Crippen molar-refractivity contribution in [3.05, 3.63) is 23.9 Å². The van der Waals surface area contributed by atoms with Gasteiger partial charge in [0.05, 0.1) is 6.04 Å². The van der Waals surface area contributed by atoms with Gasteiger partial charge in [0.2, 0.25) is 0 Å². The fourth-order valence-electron chi connectivity index (χ4n) is 1.41. The third-order valence-electron chi connectivity index (χ3n) is 2.25. The molecule has 1 amide bonds. The summed E-state index contributed by atoms with van der Waals surface area (Å²) in [5, 5.41) is 10.9. The largest absolute Gasteiger partial charge is 0.465 e. The number of nitrogens with zero attached hydrogens (tertiary/aromatic N) is 1. The fraction of sp³-hybridized carbons (Fsp3) is 0.400. The highest BCUT2D eigenvalue weighted by Crippen LogP contribution is 2.18. The van der Waals surface area contributed by atoms with E-state index >= 15 is 0 Å². The van der Waals surface area contributed by atoms with E-state index in [1.807, 2.05) is 0 Å². The molecule has 1 rings (SSSR count). The molecular formula is C10H14N2O4S. The molecular weight excluding hydrogens is 244 g/mol. The van der Waals surface area contributed by atoms with Crippen molar-refractivity contribution >= 4 is 15.9 Å². The highest BCUT2D eigenvalue weighted by molar-refractivity contribution is 7.90. The first-order valence-corrected chi connectivity index (χ1v) is 6.89. The Kier molecular flexibility index (Phi) is 4.06. The first-order chi connectivity index (χ1) is 7.84. The standard InChI is InChI=1S/C10H14N2O4S/c1-3-8(12-10(13)14)7-4-5-11-9(6-7)17(2,15)16/h4-6,8,12H,3H2,1-2H3,(H,13,14)/t8-/m0/s1. The molecule has 1 aromatic rings. The molecule has 0 spiro atoms. The van der Waals surface area contributed by atoms with E-state index in [0.717, 1.165) is 6.26 Å². The predicted molar refractivity (Wildman–Crippen MR) is 61.5 cm³/mol. The number of rotatable bonds is 4. The zero-order valence-corrected chi connectivity index (χ0v) is 10.4. The molecule has 0 aromatic carbocycles. The number of nitrogens with one attached hydrogen (secondary N) is 1. The lowest BCUT2D eigenvalue weighted by molar-refractivity contribution is 0.189. The maximum absolute atomic E-state index is 11.3. The second-order valence-electron chi connectivity index (χ2n) is 3.61. The summed E-state index contributed by atoms with van der Waals surface area (Å²) in [5.41, 5.74) is 0.588. The van der Waals surface area contributed by atoms with Gasteiger partial charge in [-0.2, -0.15) is 0 Å². The monoisotopic (exact) mass is 258 g/mol. The van der Waals surface area contributed by atoms with Gasteiger partial charge in [-0.15, -0.1) is 0 Å². The topological polar surface area (TPSA) is 96.4 Å². The summed E-state index contributed by atoms with van der Waals surface area (Å²) in [4.78, 5) is 14.3. The summed E-state index contributed by atoms with van der Waals surface area (Å²) in [6.45, 7) is 1.81. The molecule has 0 aliphatic carbocycles. The van der Waals surface area contributed by atoms with Crippen molar-refractivity contribution in [1.82, 2.24) is 10.3 Å². The quantitative estimate of drug-likeness (QED) is 0.846. The number of sulfone groups is 1. The number of amides is 1. The zero-order chi connectivity index (χ0) is 13.1. The van der Waals surface area contributed by atoms with Crippen LogP contribution < -0.4 is 5.32 Å². The minimum atomic E-state index is -3.38. The van der Waals surface area contributed by atoms with E-state index in [4.69, 9.17) is 5.11 Å². The van der Waals surface area contributed by atoms with E-state index in [0.29, 0.717) is 12.0 Å². The van der Waals surface area contributed by atoms with Gasteiger partial charge in [0.15, 0.2) is 14.9 Å². The first-order valence-electron chi connectivity index (χ1n) is 5.00. The number of hydrogen-bond donors (Lipinski definition) is 2. The summed E-state index contributed by atoms with van der Waals surface area (Å²) in [5.74, 6) is 0. The normalized spacial score (nSPS) is 13.1. The van der Waals surface area contributed by atoms with Crippen LogP contribution in [0.3, 0.4) is 0 Å². The third kappa shape index (κ3) is 3.70. The number of pyridine rings is 1. The molecule has 0 aliphatic heterocycles. The molecule has 6 nitrogen and oxygen atoms in total. The molecule has 94 valence electrons. The Bertz CT molecular complexity index is 513. The summed E-state index contributed by atoms with van der Waals surface area (Å²) in [7, 11) is -3.38. The molecule has 0 bridgehead atoms. The molecule has 1 atom stereocenters. The Hall–Kier alpha value is -1.63. The van der Waals surface area contributed by atoms with Gasteiger partial charge in [-0.3, -0.25) is 0 Å². The van der Waals surface area contributed by atoms with Crippen LogP contribution in [0.25, 0.3) is 0 Å². The highest BCUT2D eigenvalue weighted by atomic mass is 32.2. The van der Waals surface area contributed by atoms with Gasteiger partial charge in [-0.05, 0) is 24.1 Å². The van der Waals surface area contributed by atoms with E-state index in [1.54, 1.807) is 13.0 Å². The summed E-state index contributed by atoms with van der Waals surface area (Å²) < 4.78 is 22.6. The van der Waals surface area contributed by atoms with E-state index in [-0.39, 0.29) is 5.03 Å². The van der Waals surface area contributed by atoms with Crippen molar-refractivity contribution < 1.29 is 18.3 Å². The molecule has 0 saturated heterocycles. The number of carboxylic acid groups (broad SMARTS) is 1. The van der Waals surface area contributed by atoms with Crippen molar-refractivity contribution in [2.24, 2.45) is 0 Å². The van der Waals surface area contributed by atoms with E-state index in [2.05, 4.69) is 10.3 Å². The SMILES string of the molecule is CC[C@H](NC(=O)O)c1ccnc(S(C)(=O)=O)c1. The Balaban J connectivity index is 3.09. The van der Waals surface area contributed by atoms with Crippen molar-refractivity contribution in [2.75, 3.05) is 6.26 Å². The molecule has 0 radical (unpaired) electrons. The number of hydrogen-bond acceptors (Lipinski definition) is 4. The molecule has 2 N–H and O–H groups in total. The van der Waals surface area contributed by atoms with Gasteiger partial charge < -0.3 is 10.4 Å². The molecule has 0 aliphatic rings. The Morgan fingerprint density at radius 2 is 2.24 bits per heavy atom. The highest BCUT2D eigenvalue weighted by Gasteiger charge is 2.15. The molecule has 0 unspecified atom stereocenters. The lowest BCUT2D eigenvalue weighted by Gasteiger charge is -2.15. The molecule has 1 heterocycles. The zero-order valence-electron chi connectivity index (χ0n) is 9.54. The van der Waals surface area contributed by atoms with Crippen molar-refractivity contribution in [2.45, 2.75) is 24.4 Å². The molecule has 1 aromatic heterocycles. The van der Waals surface area contributed by atoms with Crippen LogP contribution in [0.1, 0.15) is 24.9 Å². The van der Waals surface area contributed by atoms with Gasteiger partial charge in [0.25, 0.3) is 0 Å². The van der Waals surface area contributed by atoms with Crippen molar-refractivity contribution in [1.29, 1.82) is 0 Å².